The molecule has 0 spiro atoms. The van der Waals surface area contributed by atoms with Crippen molar-refractivity contribution in [1.82, 2.24) is 4.57 Å². The van der Waals surface area contributed by atoms with Gasteiger partial charge in [-0.1, -0.05) is 0 Å². The van der Waals surface area contributed by atoms with E-state index in [1.165, 1.54) is 23.5 Å². The summed E-state index contributed by atoms with van der Waals surface area (Å²) in [6.45, 7) is 5.29. The Hall–Kier alpha value is -2.42. The first-order valence-electron chi connectivity index (χ1n) is 7.08. The van der Waals surface area contributed by atoms with Gasteiger partial charge in [0.25, 0.3) is 0 Å². The van der Waals surface area contributed by atoms with E-state index in [4.69, 9.17) is 4.74 Å². The predicted molar refractivity (Wildman–Crippen MR) is 81.8 cm³/mol. The Morgan fingerprint density at radius 1 is 1.33 bits per heavy atom. The van der Waals surface area contributed by atoms with E-state index < -0.39 is 12.4 Å². The highest BCUT2D eigenvalue weighted by atomic mass is 32.1. The molecule has 0 saturated heterocycles. The molecule has 0 aliphatic carbocycles. The van der Waals surface area contributed by atoms with Gasteiger partial charge in [0.15, 0.2) is 11.5 Å². The van der Waals surface area contributed by atoms with Crippen LogP contribution in [-0.4, -0.2) is 23.1 Å². The molecular weight excluding hydrogens is 342 g/mol. The molecule has 1 aromatic carbocycles. The van der Waals surface area contributed by atoms with Crippen LogP contribution in [0, 0.1) is 6.92 Å². The van der Waals surface area contributed by atoms with Crippen LogP contribution in [0.25, 0.3) is 5.69 Å². The third-order valence-corrected chi connectivity index (χ3v) is 3.85. The van der Waals surface area contributed by atoms with E-state index in [2.05, 4.69) is 14.5 Å². The van der Waals surface area contributed by atoms with Gasteiger partial charge in [-0.25, -0.2) is 4.79 Å². The standard InChI is InChI=1S/C15H14F2N2O4S/c1-8(2)21-14(20)18-13-19(7-9(3)24-13)10-4-5-11-12(6-10)23-15(16,17)22-11/h4-8H,1-3H3. The number of alkyl halides is 2. The van der Waals surface area contributed by atoms with Crippen molar-refractivity contribution in [1.29, 1.82) is 0 Å². The second-order valence-corrected chi connectivity index (χ2v) is 6.55. The van der Waals surface area contributed by atoms with E-state index >= 15 is 0 Å². The van der Waals surface area contributed by atoms with Gasteiger partial charge in [-0.05, 0) is 32.9 Å². The molecule has 6 nitrogen and oxygen atoms in total. The van der Waals surface area contributed by atoms with Crippen LogP contribution >= 0.6 is 11.3 Å². The number of amides is 1. The summed E-state index contributed by atoms with van der Waals surface area (Å²) in [6.07, 6.45) is -2.94. The molecule has 0 unspecified atom stereocenters. The quantitative estimate of drug-likeness (QED) is 0.825. The third-order valence-electron chi connectivity index (χ3n) is 2.96. The average molecular weight is 356 g/mol. The highest BCUT2D eigenvalue weighted by Gasteiger charge is 2.43. The van der Waals surface area contributed by atoms with Crippen molar-refractivity contribution in [2.45, 2.75) is 33.2 Å². The lowest BCUT2D eigenvalue weighted by Gasteiger charge is -2.05. The molecule has 1 aliphatic rings. The van der Waals surface area contributed by atoms with E-state index in [0.29, 0.717) is 10.5 Å². The van der Waals surface area contributed by atoms with Crippen LogP contribution in [0.5, 0.6) is 11.5 Å². The first kappa shape index (κ1) is 16.4. The molecule has 0 N–H and O–H groups in total. The van der Waals surface area contributed by atoms with Crippen LogP contribution in [0.2, 0.25) is 0 Å². The Bertz CT molecular complexity index is 857. The van der Waals surface area contributed by atoms with E-state index in [-0.39, 0.29) is 17.6 Å². The fourth-order valence-corrected chi connectivity index (χ4v) is 2.93. The largest absolute Gasteiger partial charge is 0.586 e. The minimum Gasteiger partial charge on any atom is -0.445 e. The molecule has 24 heavy (non-hydrogen) atoms. The molecule has 0 fully saturated rings. The minimum atomic E-state index is -3.68. The number of rotatable bonds is 2. The van der Waals surface area contributed by atoms with E-state index in [0.717, 1.165) is 4.88 Å². The molecule has 0 bridgehead atoms. The third kappa shape index (κ3) is 3.40. The summed E-state index contributed by atoms with van der Waals surface area (Å²) in [5, 5.41) is 0. The number of hydrogen-bond acceptors (Lipinski definition) is 5. The highest BCUT2D eigenvalue weighted by molar-refractivity contribution is 7.09. The molecule has 2 aromatic rings. The molecule has 1 amide bonds. The number of nitrogens with zero attached hydrogens (tertiary/aromatic N) is 2. The first-order chi connectivity index (χ1) is 11.2. The Morgan fingerprint density at radius 2 is 2.04 bits per heavy atom. The van der Waals surface area contributed by atoms with Gasteiger partial charge in [0, 0.05) is 17.1 Å². The van der Waals surface area contributed by atoms with E-state index in [1.807, 2.05) is 6.92 Å². The van der Waals surface area contributed by atoms with Gasteiger partial charge in [-0.15, -0.1) is 25.1 Å². The fourth-order valence-electron chi connectivity index (χ4n) is 2.11. The number of halogens is 2. The maximum atomic E-state index is 13.1. The number of thiazole rings is 1. The van der Waals surface area contributed by atoms with Crippen LogP contribution in [0.15, 0.2) is 29.4 Å². The molecule has 3 rings (SSSR count). The lowest BCUT2D eigenvalue weighted by Crippen LogP contribution is -2.25. The van der Waals surface area contributed by atoms with Crippen molar-refractivity contribution >= 4 is 17.4 Å². The molecule has 0 radical (unpaired) electrons. The number of benzene rings is 1. The molecule has 9 heteroatoms. The zero-order valence-electron chi connectivity index (χ0n) is 13.1. The van der Waals surface area contributed by atoms with Crippen molar-refractivity contribution in [3.63, 3.8) is 0 Å². The zero-order chi connectivity index (χ0) is 17.5. The van der Waals surface area contributed by atoms with Crippen LogP contribution in [0.1, 0.15) is 18.7 Å². The molecule has 1 aliphatic heterocycles. The number of aromatic nitrogens is 1. The fraction of sp³-hybridized carbons (Fsp3) is 0.333. The van der Waals surface area contributed by atoms with Crippen molar-refractivity contribution < 1.29 is 27.8 Å². The smallest absolute Gasteiger partial charge is 0.445 e. The van der Waals surface area contributed by atoms with E-state index in [9.17, 15) is 13.6 Å². The van der Waals surface area contributed by atoms with Crippen molar-refractivity contribution in [3.8, 4) is 17.2 Å². The van der Waals surface area contributed by atoms with Crippen molar-refractivity contribution in [2.75, 3.05) is 0 Å². The van der Waals surface area contributed by atoms with Crippen LogP contribution in [0.3, 0.4) is 0 Å². The molecular formula is C15H14F2N2O4S. The first-order valence-corrected chi connectivity index (χ1v) is 7.90. The summed E-state index contributed by atoms with van der Waals surface area (Å²) in [4.78, 5) is 16.9. The Morgan fingerprint density at radius 3 is 2.75 bits per heavy atom. The normalized spacial score (nSPS) is 15.8. The average Bonchev–Trinajstić information content (AvgIpc) is 2.94. The van der Waals surface area contributed by atoms with Gasteiger partial charge in [-0.3, -0.25) is 4.57 Å². The topological polar surface area (TPSA) is 62.0 Å². The number of fused-ring (bicyclic) bond motifs is 1. The van der Waals surface area contributed by atoms with Crippen LogP contribution < -0.4 is 14.3 Å². The van der Waals surface area contributed by atoms with Crippen LogP contribution in [0.4, 0.5) is 13.6 Å². The van der Waals surface area contributed by atoms with Crippen molar-refractivity contribution in [3.05, 3.63) is 34.1 Å². The molecule has 0 atom stereocenters. The highest BCUT2D eigenvalue weighted by Crippen LogP contribution is 2.41. The minimum absolute atomic E-state index is 0.0472. The molecule has 1 aromatic heterocycles. The molecule has 0 saturated carbocycles. The SMILES string of the molecule is Cc1cn(-c2ccc3c(c2)OC(F)(F)O3)c(=NC(=O)OC(C)C)s1. The number of carbonyl (C=O) groups is 1. The summed E-state index contributed by atoms with van der Waals surface area (Å²) in [7, 11) is 0. The van der Waals surface area contributed by atoms with Gasteiger partial charge < -0.3 is 14.2 Å². The molecule has 2 heterocycles. The lowest BCUT2D eigenvalue weighted by atomic mass is 10.3. The van der Waals surface area contributed by atoms with Crippen molar-refractivity contribution in [2.24, 2.45) is 4.99 Å². The van der Waals surface area contributed by atoms with Gasteiger partial charge >= 0.3 is 12.4 Å². The molecule has 128 valence electrons. The van der Waals surface area contributed by atoms with Gasteiger partial charge in [0.1, 0.15) is 0 Å². The zero-order valence-corrected chi connectivity index (χ0v) is 13.9. The second-order valence-electron chi connectivity index (χ2n) is 5.34. The summed E-state index contributed by atoms with van der Waals surface area (Å²) in [5.74, 6) is -0.126. The van der Waals surface area contributed by atoms with Gasteiger partial charge in [-0.2, -0.15) is 0 Å². The van der Waals surface area contributed by atoms with Crippen LogP contribution in [-0.2, 0) is 4.74 Å². The monoisotopic (exact) mass is 356 g/mol. The van der Waals surface area contributed by atoms with E-state index in [1.54, 1.807) is 30.7 Å². The maximum absolute atomic E-state index is 13.1. The van der Waals surface area contributed by atoms with Gasteiger partial charge in [0.05, 0.1) is 11.8 Å². The Kier molecular flexibility index (Phi) is 4.04. The Labute approximate surface area is 139 Å². The number of aryl methyl sites for hydroxylation is 1. The summed E-state index contributed by atoms with van der Waals surface area (Å²) in [6, 6.07) is 4.35. The number of carbonyl (C=O) groups excluding carboxylic acids is 1. The maximum Gasteiger partial charge on any atom is 0.586 e. The summed E-state index contributed by atoms with van der Waals surface area (Å²) < 4.78 is 41.7. The predicted octanol–water partition coefficient (Wildman–Crippen LogP) is 3.61. The number of hydrogen-bond donors (Lipinski definition) is 0. The lowest BCUT2D eigenvalue weighted by molar-refractivity contribution is -0.286. The second kappa shape index (κ2) is 5.90. The summed E-state index contributed by atoms with van der Waals surface area (Å²) in [5.41, 5.74) is 0.510. The van der Waals surface area contributed by atoms with Gasteiger partial charge in [0.2, 0.25) is 4.80 Å². The Balaban J connectivity index is 2.00. The number of ether oxygens (including phenoxy) is 3. The summed E-state index contributed by atoms with van der Waals surface area (Å²) >= 11 is 1.27.